The molecule has 1 aromatic heterocycles. The number of aromatic nitrogens is 1. The molecule has 0 fully saturated rings. The minimum Gasteiger partial charge on any atom is -0.494 e. The molecule has 106 valence electrons. The lowest BCUT2D eigenvalue weighted by Gasteiger charge is -2.18. The fraction of sp³-hybridized carbons (Fsp3) is 0.353. The predicted molar refractivity (Wildman–Crippen MR) is 82.0 cm³/mol. The summed E-state index contributed by atoms with van der Waals surface area (Å²) in [6, 6.07) is 12.6. The van der Waals surface area contributed by atoms with Gasteiger partial charge in [-0.05, 0) is 50.6 Å². The largest absolute Gasteiger partial charge is 0.494 e. The lowest BCUT2D eigenvalue weighted by molar-refractivity contribution is 0.332. The maximum atomic E-state index is 5.67. The maximum Gasteiger partial charge on any atom is 0.124 e. The molecule has 2 rings (SSSR count). The van der Waals surface area contributed by atoms with E-state index < -0.39 is 0 Å². The van der Waals surface area contributed by atoms with Crippen molar-refractivity contribution in [3.8, 4) is 5.75 Å². The average Bonchev–Trinajstić information content (AvgIpc) is 2.49. The molecular formula is C17H22N2O. The van der Waals surface area contributed by atoms with Gasteiger partial charge >= 0.3 is 0 Å². The minimum absolute atomic E-state index is 0.277. The zero-order valence-corrected chi connectivity index (χ0v) is 12.2. The van der Waals surface area contributed by atoms with Crippen molar-refractivity contribution in [3.05, 3.63) is 59.9 Å². The molecule has 3 heteroatoms. The minimum atomic E-state index is 0.277. The van der Waals surface area contributed by atoms with Crippen LogP contribution < -0.4 is 10.1 Å². The normalized spacial score (nSPS) is 12.1. The molecule has 1 unspecified atom stereocenters. The fourth-order valence-corrected chi connectivity index (χ4v) is 2.22. The summed E-state index contributed by atoms with van der Waals surface area (Å²) < 4.78 is 5.67. The van der Waals surface area contributed by atoms with Crippen molar-refractivity contribution in [2.75, 3.05) is 13.2 Å². The molecule has 0 bridgehead atoms. The van der Waals surface area contributed by atoms with Crippen molar-refractivity contribution in [1.29, 1.82) is 0 Å². The second kappa shape index (κ2) is 7.65. The number of hydrogen-bond acceptors (Lipinski definition) is 3. The van der Waals surface area contributed by atoms with Crippen LogP contribution in [0.1, 0.15) is 31.0 Å². The number of ether oxygens (including phenoxy) is 1. The van der Waals surface area contributed by atoms with E-state index in [9.17, 15) is 0 Å². The predicted octanol–water partition coefficient (Wildman–Crippen LogP) is 3.37. The van der Waals surface area contributed by atoms with Gasteiger partial charge in [-0.1, -0.05) is 18.2 Å². The van der Waals surface area contributed by atoms with E-state index in [4.69, 9.17) is 4.74 Å². The number of para-hydroxylation sites is 1. The highest BCUT2D eigenvalue weighted by atomic mass is 16.5. The molecule has 0 aliphatic rings. The molecule has 0 radical (unpaired) electrons. The number of benzene rings is 1. The van der Waals surface area contributed by atoms with Gasteiger partial charge in [0, 0.05) is 24.0 Å². The third kappa shape index (κ3) is 4.07. The molecule has 0 saturated heterocycles. The van der Waals surface area contributed by atoms with Crippen LogP contribution in [0.25, 0.3) is 0 Å². The van der Waals surface area contributed by atoms with Crippen molar-refractivity contribution in [1.82, 2.24) is 10.3 Å². The molecule has 1 N–H and O–H groups in total. The quantitative estimate of drug-likeness (QED) is 0.837. The Hall–Kier alpha value is -1.87. The van der Waals surface area contributed by atoms with Crippen LogP contribution in [0.3, 0.4) is 0 Å². The number of hydrogen-bond donors (Lipinski definition) is 1. The third-order valence-electron chi connectivity index (χ3n) is 3.30. The van der Waals surface area contributed by atoms with Crippen LogP contribution in [-0.2, 0) is 6.42 Å². The summed E-state index contributed by atoms with van der Waals surface area (Å²) in [5.74, 6) is 0.971. The van der Waals surface area contributed by atoms with Gasteiger partial charge in [0.25, 0.3) is 0 Å². The summed E-state index contributed by atoms with van der Waals surface area (Å²) in [6.45, 7) is 5.81. The standard InChI is InChI=1S/C17H22N2O/c1-3-20-17-7-5-4-6-16(17)14(2)19-13-10-15-8-11-18-12-9-15/h4-9,11-12,14,19H,3,10,13H2,1-2H3. The molecule has 1 heterocycles. The van der Waals surface area contributed by atoms with E-state index in [-0.39, 0.29) is 6.04 Å². The van der Waals surface area contributed by atoms with Crippen LogP contribution in [-0.4, -0.2) is 18.1 Å². The lowest BCUT2D eigenvalue weighted by Crippen LogP contribution is -2.22. The topological polar surface area (TPSA) is 34.1 Å². The van der Waals surface area contributed by atoms with E-state index in [0.29, 0.717) is 6.61 Å². The van der Waals surface area contributed by atoms with Crippen molar-refractivity contribution in [3.63, 3.8) is 0 Å². The zero-order valence-electron chi connectivity index (χ0n) is 12.2. The Morgan fingerprint density at radius 2 is 1.90 bits per heavy atom. The Bertz CT molecular complexity index is 513. The molecule has 20 heavy (non-hydrogen) atoms. The van der Waals surface area contributed by atoms with Gasteiger partial charge in [0.05, 0.1) is 6.61 Å². The first kappa shape index (κ1) is 14.5. The van der Waals surface area contributed by atoms with Crippen LogP contribution >= 0.6 is 0 Å². The van der Waals surface area contributed by atoms with Gasteiger partial charge in [-0.25, -0.2) is 0 Å². The van der Waals surface area contributed by atoms with Crippen LogP contribution in [0.5, 0.6) is 5.75 Å². The number of nitrogens with one attached hydrogen (secondary N) is 1. The van der Waals surface area contributed by atoms with Gasteiger partial charge in [0.2, 0.25) is 0 Å². The third-order valence-corrected chi connectivity index (χ3v) is 3.30. The van der Waals surface area contributed by atoms with Gasteiger partial charge in [0.15, 0.2) is 0 Å². The average molecular weight is 270 g/mol. The summed E-state index contributed by atoms with van der Waals surface area (Å²) in [5, 5.41) is 3.55. The molecular weight excluding hydrogens is 248 g/mol. The number of rotatable bonds is 7. The monoisotopic (exact) mass is 270 g/mol. The van der Waals surface area contributed by atoms with E-state index in [0.717, 1.165) is 18.7 Å². The van der Waals surface area contributed by atoms with Crippen molar-refractivity contribution in [2.24, 2.45) is 0 Å². The van der Waals surface area contributed by atoms with Crippen LogP contribution in [0.15, 0.2) is 48.8 Å². The SMILES string of the molecule is CCOc1ccccc1C(C)NCCc1ccncc1. The molecule has 0 saturated carbocycles. The Kier molecular flexibility index (Phi) is 5.56. The summed E-state index contributed by atoms with van der Waals surface area (Å²) in [5.41, 5.74) is 2.52. The molecule has 0 aliphatic heterocycles. The van der Waals surface area contributed by atoms with Crippen molar-refractivity contribution >= 4 is 0 Å². The van der Waals surface area contributed by atoms with E-state index in [2.05, 4.69) is 41.5 Å². The van der Waals surface area contributed by atoms with E-state index >= 15 is 0 Å². The molecule has 0 amide bonds. The van der Waals surface area contributed by atoms with Crippen LogP contribution in [0.2, 0.25) is 0 Å². The molecule has 0 aliphatic carbocycles. The van der Waals surface area contributed by atoms with Gasteiger partial charge in [-0.15, -0.1) is 0 Å². The molecule has 1 atom stereocenters. The molecule has 2 aromatic rings. The van der Waals surface area contributed by atoms with Crippen molar-refractivity contribution in [2.45, 2.75) is 26.3 Å². The Balaban J connectivity index is 1.90. The van der Waals surface area contributed by atoms with Crippen LogP contribution in [0.4, 0.5) is 0 Å². The highest BCUT2D eigenvalue weighted by Crippen LogP contribution is 2.24. The Morgan fingerprint density at radius 3 is 2.65 bits per heavy atom. The molecule has 3 nitrogen and oxygen atoms in total. The Labute approximate surface area is 121 Å². The zero-order chi connectivity index (χ0) is 14.2. The Morgan fingerprint density at radius 1 is 1.15 bits per heavy atom. The fourth-order valence-electron chi connectivity index (χ4n) is 2.22. The molecule has 1 aromatic carbocycles. The first-order chi connectivity index (χ1) is 9.81. The lowest BCUT2D eigenvalue weighted by atomic mass is 10.1. The second-order valence-electron chi connectivity index (χ2n) is 4.75. The van der Waals surface area contributed by atoms with Crippen LogP contribution in [0, 0.1) is 0 Å². The van der Waals surface area contributed by atoms with E-state index in [1.54, 1.807) is 0 Å². The van der Waals surface area contributed by atoms with E-state index in [1.807, 2.05) is 31.5 Å². The highest BCUT2D eigenvalue weighted by Gasteiger charge is 2.10. The van der Waals surface area contributed by atoms with Crippen molar-refractivity contribution < 1.29 is 4.74 Å². The highest BCUT2D eigenvalue weighted by molar-refractivity contribution is 5.35. The van der Waals surface area contributed by atoms with Gasteiger partial charge in [-0.2, -0.15) is 0 Å². The van der Waals surface area contributed by atoms with E-state index in [1.165, 1.54) is 11.1 Å². The first-order valence-corrected chi connectivity index (χ1v) is 7.15. The van der Waals surface area contributed by atoms with Gasteiger partial charge in [0.1, 0.15) is 5.75 Å². The van der Waals surface area contributed by atoms with Gasteiger partial charge in [-0.3, -0.25) is 4.98 Å². The summed E-state index contributed by atoms with van der Waals surface area (Å²) >= 11 is 0. The number of nitrogens with zero attached hydrogens (tertiary/aromatic N) is 1. The smallest absolute Gasteiger partial charge is 0.124 e. The molecule has 0 spiro atoms. The summed E-state index contributed by atoms with van der Waals surface area (Å²) in [4.78, 5) is 4.03. The maximum absolute atomic E-state index is 5.67. The summed E-state index contributed by atoms with van der Waals surface area (Å²) in [7, 11) is 0. The summed E-state index contributed by atoms with van der Waals surface area (Å²) in [6.07, 6.45) is 4.68. The number of pyridine rings is 1. The first-order valence-electron chi connectivity index (χ1n) is 7.15. The second-order valence-corrected chi connectivity index (χ2v) is 4.75. The van der Waals surface area contributed by atoms with Gasteiger partial charge < -0.3 is 10.1 Å².